The number of hydrogen-bond donors (Lipinski definition) is 0. The minimum Gasteiger partial charge on any atom is -0.461 e. The van der Waals surface area contributed by atoms with Crippen LogP contribution in [0.3, 0.4) is 0 Å². The summed E-state index contributed by atoms with van der Waals surface area (Å²) in [6.45, 7) is 3.03. The summed E-state index contributed by atoms with van der Waals surface area (Å²) in [4.78, 5) is 29.3. The van der Waals surface area contributed by atoms with Crippen molar-refractivity contribution in [2.75, 3.05) is 26.2 Å². The van der Waals surface area contributed by atoms with Crippen LogP contribution in [0.1, 0.15) is 36.0 Å². The Bertz CT molecular complexity index is 1040. The highest BCUT2D eigenvalue weighted by atomic mass is 35.5. The van der Waals surface area contributed by atoms with E-state index in [1.807, 2.05) is 91.0 Å². The van der Waals surface area contributed by atoms with E-state index in [2.05, 4.69) is 4.90 Å². The van der Waals surface area contributed by atoms with E-state index >= 15 is 0 Å². The van der Waals surface area contributed by atoms with Crippen molar-refractivity contribution in [3.63, 3.8) is 0 Å². The van der Waals surface area contributed by atoms with Crippen molar-refractivity contribution in [2.45, 2.75) is 44.1 Å². The molecule has 37 heavy (non-hydrogen) atoms. The van der Waals surface area contributed by atoms with Crippen molar-refractivity contribution in [1.29, 1.82) is 0 Å². The largest absolute Gasteiger partial charge is 0.461 e. The van der Waals surface area contributed by atoms with Crippen LogP contribution in [0, 0.1) is 0 Å². The molecule has 0 aliphatic carbocycles. The van der Waals surface area contributed by atoms with E-state index in [0.717, 1.165) is 29.8 Å². The van der Waals surface area contributed by atoms with E-state index < -0.39 is 17.5 Å². The maximum absolute atomic E-state index is 13.8. The molecule has 3 aromatic rings. The van der Waals surface area contributed by atoms with Gasteiger partial charge in [0.05, 0.1) is 6.42 Å². The van der Waals surface area contributed by atoms with Crippen LogP contribution in [0.25, 0.3) is 0 Å². The smallest absolute Gasteiger partial charge is 0.351 e. The number of esters is 2. The number of likely N-dealkylation sites (tertiary alicyclic amines) is 1. The molecular weight excluding hydrogens is 486 g/mol. The van der Waals surface area contributed by atoms with Crippen molar-refractivity contribution >= 4 is 24.3 Å². The summed E-state index contributed by atoms with van der Waals surface area (Å²) in [5, 5.41) is 0. The summed E-state index contributed by atoms with van der Waals surface area (Å²) in [7, 11) is 0. The standard InChI is InChI=1S/C31H35NO4.ClH/c33-29(23-26-13-5-1-6-14-26)36-31(24-27-15-7-2-8-16-27,25-28-17-9-3-10-18-28)30(34)35-22-21-32-19-11-4-12-20-32;/h1-3,5-10,13-18H,4,11-12,19-25H2;1H. The highest BCUT2D eigenvalue weighted by molar-refractivity contribution is 5.85. The highest BCUT2D eigenvalue weighted by Crippen LogP contribution is 2.27. The number of ether oxygens (including phenoxy) is 2. The molecule has 1 heterocycles. The van der Waals surface area contributed by atoms with E-state index in [9.17, 15) is 9.59 Å². The molecule has 3 aromatic carbocycles. The average Bonchev–Trinajstić information content (AvgIpc) is 2.91. The average molecular weight is 522 g/mol. The van der Waals surface area contributed by atoms with Crippen molar-refractivity contribution in [3.05, 3.63) is 108 Å². The van der Waals surface area contributed by atoms with Gasteiger partial charge in [-0.05, 0) is 42.6 Å². The molecule has 5 nitrogen and oxygen atoms in total. The Morgan fingerprint density at radius 2 is 1.19 bits per heavy atom. The summed E-state index contributed by atoms with van der Waals surface area (Å²) < 4.78 is 12.0. The molecule has 0 spiro atoms. The SMILES string of the molecule is Cl.O=C(Cc1ccccc1)OC(Cc1ccccc1)(Cc1ccccc1)C(=O)OCCN1CCCCC1. The summed E-state index contributed by atoms with van der Waals surface area (Å²) in [5.74, 6) is -0.935. The maximum atomic E-state index is 13.8. The molecule has 0 saturated carbocycles. The zero-order chi connectivity index (χ0) is 25.1. The Labute approximate surface area is 226 Å². The lowest BCUT2D eigenvalue weighted by Crippen LogP contribution is -2.49. The van der Waals surface area contributed by atoms with Crippen LogP contribution in [-0.4, -0.2) is 48.7 Å². The Morgan fingerprint density at radius 3 is 1.70 bits per heavy atom. The molecule has 0 atom stereocenters. The van der Waals surface area contributed by atoms with Gasteiger partial charge in [-0.3, -0.25) is 9.69 Å². The number of nitrogens with zero attached hydrogens (tertiary/aromatic N) is 1. The van der Waals surface area contributed by atoms with Crippen LogP contribution < -0.4 is 0 Å². The first kappa shape index (κ1) is 28.4. The normalized spacial score (nSPS) is 13.8. The molecule has 1 aliphatic heterocycles. The van der Waals surface area contributed by atoms with Crippen LogP contribution in [-0.2, 0) is 38.3 Å². The minimum atomic E-state index is -1.46. The van der Waals surface area contributed by atoms with Gasteiger partial charge in [0, 0.05) is 19.4 Å². The minimum absolute atomic E-state index is 0. The molecule has 4 rings (SSSR count). The first-order valence-corrected chi connectivity index (χ1v) is 12.9. The predicted molar refractivity (Wildman–Crippen MR) is 148 cm³/mol. The number of halogens is 1. The molecule has 1 fully saturated rings. The predicted octanol–water partition coefficient (Wildman–Crippen LogP) is 5.45. The molecule has 196 valence electrons. The van der Waals surface area contributed by atoms with Crippen molar-refractivity contribution in [3.8, 4) is 0 Å². The summed E-state index contributed by atoms with van der Waals surface area (Å²) >= 11 is 0. The second kappa shape index (κ2) is 14.6. The molecule has 0 N–H and O–H groups in total. The van der Waals surface area contributed by atoms with Crippen LogP contribution in [0.4, 0.5) is 0 Å². The van der Waals surface area contributed by atoms with Gasteiger partial charge in [-0.1, -0.05) is 97.4 Å². The lowest BCUT2D eigenvalue weighted by Gasteiger charge is -2.32. The molecule has 1 saturated heterocycles. The van der Waals surface area contributed by atoms with Gasteiger partial charge in [0.25, 0.3) is 0 Å². The molecule has 0 unspecified atom stereocenters. The number of hydrogen-bond acceptors (Lipinski definition) is 5. The van der Waals surface area contributed by atoms with Crippen molar-refractivity contribution in [2.24, 2.45) is 0 Å². The molecule has 0 bridgehead atoms. The van der Waals surface area contributed by atoms with Gasteiger partial charge >= 0.3 is 11.9 Å². The van der Waals surface area contributed by atoms with Gasteiger partial charge in [0.1, 0.15) is 6.61 Å². The second-order valence-corrected chi connectivity index (χ2v) is 9.49. The third-order valence-corrected chi connectivity index (χ3v) is 6.63. The lowest BCUT2D eigenvalue weighted by molar-refractivity contribution is -0.183. The summed E-state index contributed by atoms with van der Waals surface area (Å²) in [5.41, 5.74) is 1.20. The van der Waals surface area contributed by atoms with Gasteiger partial charge in [-0.15, -0.1) is 12.4 Å². The quantitative estimate of drug-likeness (QED) is 0.314. The number of rotatable bonds is 11. The van der Waals surface area contributed by atoms with Crippen LogP contribution >= 0.6 is 12.4 Å². The highest BCUT2D eigenvalue weighted by Gasteiger charge is 2.44. The lowest BCUT2D eigenvalue weighted by atomic mass is 9.87. The number of carbonyl (C=O) groups excluding carboxylic acids is 2. The Balaban J connectivity index is 0.00000380. The van der Waals surface area contributed by atoms with E-state index in [4.69, 9.17) is 9.47 Å². The van der Waals surface area contributed by atoms with Gasteiger partial charge in [-0.25, -0.2) is 4.79 Å². The maximum Gasteiger partial charge on any atom is 0.351 e. The number of carbonyl (C=O) groups is 2. The molecular formula is C31H36ClNO4. The number of piperidine rings is 1. The van der Waals surface area contributed by atoms with Crippen molar-refractivity contribution in [1.82, 2.24) is 4.90 Å². The fourth-order valence-electron chi connectivity index (χ4n) is 4.77. The fourth-order valence-corrected chi connectivity index (χ4v) is 4.77. The second-order valence-electron chi connectivity index (χ2n) is 9.49. The first-order chi connectivity index (χ1) is 17.6. The molecule has 1 aliphatic rings. The molecule has 0 radical (unpaired) electrons. The monoisotopic (exact) mass is 521 g/mol. The molecule has 0 aromatic heterocycles. The fraction of sp³-hybridized carbons (Fsp3) is 0.355. The van der Waals surface area contributed by atoms with Gasteiger partial charge < -0.3 is 9.47 Å². The zero-order valence-electron chi connectivity index (χ0n) is 21.2. The van der Waals surface area contributed by atoms with Crippen molar-refractivity contribution < 1.29 is 19.1 Å². The van der Waals surface area contributed by atoms with Gasteiger partial charge in [0.2, 0.25) is 5.60 Å². The van der Waals surface area contributed by atoms with Gasteiger partial charge in [0.15, 0.2) is 0 Å². The summed E-state index contributed by atoms with van der Waals surface area (Å²) in [6.07, 6.45) is 4.18. The third-order valence-electron chi connectivity index (χ3n) is 6.63. The Hall–Kier alpha value is -3.15. The molecule has 6 heteroatoms. The van der Waals surface area contributed by atoms with Crippen LogP contribution in [0.5, 0.6) is 0 Å². The van der Waals surface area contributed by atoms with E-state index in [1.54, 1.807) is 0 Å². The van der Waals surface area contributed by atoms with Gasteiger partial charge in [-0.2, -0.15) is 0 Å². The zero-order valence-corrected chi connectivity index (χ0v) is 22.0. The van der Waals surface area contributed by atoms with Crippen LogP contribution in [0.15, 0.2) is 91.0 Å². The molecule has 0 amide bonds. The van der Waals surface area contributed by atoms with Crippen LogP contribution in [0.2, 0.25) is 0 Å². The third kappa shape index (κ3) is 8.73. The first-order valence-electron chi connectivity index (χ1n) is 12.9. The number of benzene rings is 3. The van der Waals surface area contributed by atoms with E-state index in [0.29, 0.717) is 6.54 Å². The Kier molecular flexibility index (Phi) is 11.2. The Morgan fingerprint density at radius 1 is 0.703 bits per heavy atom. The summed E-state index contributed by atoms with van der Waals surface area (Å²) in [6, 6.07) is 28.8. The van der Waals surface area contributed by atoms with E-state index in [-0.39, 0.29) is 38.3 Å². The van der Waals surface area contributed by atoms with E-state index in [1.165, 1.54) is 19.3 Å². The topological polar surface area (TPSA) is 55.8 Å².